The summed E-state index contributed by atoms with van der Waals surface area (Å²) < 4.78 is 11.4. The van der Waals surface area contributed by atoms with Gasteiger partial charge in [-0.25, -0.2) is 0 Å². The average Bonchev–Trinajstić information content (AvgIpc) is 3.08. The number of carbonyl (C=O) groups excluding carboxylic acids is 1. The van der Waals surface area contributed by atoms with Crippen molar-refractivity contribution in [2.75, 3.05) is 33.4 Å². The summed E-state index contributed by atoms with van der Waals surface area (Å²) in [6, 6.07) is 0. The van der Waals surface area contributed by atoms with Gasteiger partial charge in [0.15, 0.2) is 0 Å². The molecule has 3 aliphatic rings. The summed E-state index contributed by atoms with van der Waals surface area (Å²) in [4.78, 5) is 14.6. The number of hydrogen-bond acceptors (Lipinski definition) is 3. The lowest BCUT2D eigenvalue weighted by atomic mass is 9.78. The highest BCUT2D eigenvalue weighted by Gasteiger charge is 2.41. The normalized spacial score (nSPS) is 28.4. The van der Waals surface area contributed by atoms with E-state index in [2.05, 4.69) is 17.1 Å². The van der Waals surface area contributed by atoms with E-state index in [1.165, 1.54) is 0 Å². The maximum absolute atomic E-state index is 12.5. The molecule has 0 aromatic heterocycles. The molecule has 1 spiro atoms. The highest BCUT2D eigenvalue weighted by molar-refractivity contribution is 5.79. The second-order valence-corrected chi connectivity index (χ2v) is 7.14. The van der Waals surface area contributed by atoms with Gasteiger partial charge in [0.2, 0.25) is 5.91 Å². The van der Waals surface area contributed by atoms with Gasteiger partial charge in [0, 0.05) is 39.3 Å². The lowest BCUT2D eigenvalue weighted by Gasteiger charge is -2.46. The predicted molar refractivity (Wildman–Crippen MR) is 85.6 cm³/mol. The minimum atomic E-state index is 0.0291. The Morgan fingerprint density at radius 1 is 1.32 bits per heavy atom. The summed E-state index contributed by atoms with van der Waals surface area (Å²) in [5.74, 6) is 1.28. The van der Waals surface area contributed by atoms with Gasteiger partial charge in [-0.3, -0.25) is 4.79 Å². The third kappa shape index (κ3) is 3.54. The van der Waals surface area contributed by atoms with Gasteiger partial charge < -0.3 is 14.4 Å². The standard InChI is InChI=1S/C18H29NO3/c1-21-12-6-15-7-13-22-18(14-15)8-10-19(11-9-18)17(20)16-4-2-3-5-16/h2-3,15-16H,4-14H2,1H3. The molecule has 4 nitrogen and oxygen atoms in total. The molecule has 124 valence electrons. The molecular weight excluding hydrogens is 278 g/mol. The number of hydrogen-bond donors (Lipinski definition) is 0. The van der Waals surface area contributed by atoms with Gasteiger partial charge in [0.25, 0.3) is 0 Å². The topological polar surface area (TPSA) is 38.8 Å². The number of carbonyl (C=O) groups is 1. The van der Waals surface area contributed by atoms with Crippen LogP contribution >= 0.6 is 0 Å². The van der Waals surface area contributed by atoms with E-state index in [4.69, 9.17) is 9.47 Å². The molecule has 0 saturated carbocycles. The molecule has 1 atom stereocenters. The summed E-state index contributed by atoms with van der Waals surface area (Å²) in [6.07, 6.45) is 11.6. The van der Waals surface area contributed by atoms with Gasteiger partial charge in [0.05, 0.1) is 5.60 Å². The van der Waals surface area contributed by atoms with E-state index in [0.29, 0.717) is 5.91 Å². The quantitative estimate of drug-likeness (QED) is 0.750. The molecule has 2 saturated heterocycles. The summed E-state index contributed by atoms with van der Waals surface area (Å²) in [7, 11) is 1.77. The highest BCUT2D eigenvalue weighted by Crippen LogP contribution is 2.39. The zero-order valence-electron chi connectivity index (χ0n) is 13.8. The van der Waals surface area contributed by atoms with Gasteiger partial charge in [0.1, 0.15) is 0 Å². The molecule has 1 unspecified atom stereocenters. The molecule has 4 heteroatoms. The molecule has 2 fully saturated rings. The maximum atomic E-state index is 12.5. The molecule has 2 aliphatic heterocycles. The van der Waals surface area contributed by atoms with Crippen molar-refractivity contribution >= 4 is 5.91 Å². The fourth-order valence-electron chi connectivity index (χ4n) is 4.22. The van der Waals surface area contributed by atoms with Crippen LogP contribution in [0.1, 0.15) is 44.9 Å². The van der Waals surface area contributed by atoms with Crippen LogP contribution in [0, 0.1) is 11.8 Å². The Labute approximate surface area is 133 Å². The lowest BCUT2D eigenvalue weighted by Crippen LogP contribution is -2.51. The average molecular weight is 307 g/mol. The zero-order chi connectivity index (χ0) is 15.4. The molecule has 0 bridgehead atoms. The summed E-state index contributed by atoms with van der Waals surface area (Å²) in [5.41, 5.74) is 0.0291. The molecule has 2 heterocycles. The monoisotopic (exact) mass is 307 g/mol. The first kappa shape index (κ1) is 16.0. The number of rotatable bonds is 4. The zero-order valence-corrected chi connectivity index (χ0v) is 13.8. The number of amides is 1. The molecular formula is C18H29NO3. The van der Waals surface area contributed by atoms with Crippen LogP contribution in [-0.2, 0) is 14.3 Å². The highest BCUT2D eigenvalue weighted by atomic mass is 16.5. The van der Waals surface area contributed by atoms with E-state index in [0.717, 1.165) is 77.2 Å². The van der Waals surface area contributed by atoms with Crippen LogP contribution < -0.4 is 0 Å². The Morgan fingerprint density at radius 2 is 2.05 bits per heavy atom. The molecule has 0 aromatic rings. The van der Waals surface area contributed by atoms with Crippen LogP contribution in [0.5, 0.6) is 0 Å². The minimum absolute atomic E-state index is 0.0291. The minimum Gasteiger partial charge on any atom is -0.385 e. The van der Waals surface area contributed by atoms with Crippen molar-refractivity contribution in [3.8, 4) is 0 Å². The Hall–Kier alpha value is -0.870. The van der Waals surface area contributed by atoms with Crippen molar-refractivity contribution in [2.45, 2.75) is 50.5 Å². The Balaban J connectivity index is 1.50. The molecule has 1 aliphatic carbocycles. The van der Waals surface area contributed by atoms with Crippen LogP contribution in [0.2, 0.25) is 0 Å². The fourth-order valence-corrected chi connectivity index (χ4v) is 4.22. The van der Waals surface area contributed by atoms with E-state index >= 15 is 0 Å². The largest absolute Gasteiger partial charge is 0.385 e. The first-order valence-corrected chi connectivity index (χ1v) is 8.79. The Kier molecular flexibility index (Phi) is 5.19. The maximum Gasteiger partial charge on any atom is 0.226 e. The molecule has 22 heavy (non-hydrogen) atoms. The van der Waals surface area contributed by atoms with E-state index in [9.17, 15) is 4.79 Å². The van der Waals surface area contributed by atoms with Gasteiger partial charge >= 0.3 is 0 Å². The van der Waals surface area contributed by atoms with Crippen LogP contribution in [0.3, 0.4) is 0 Å². The van der Waals surface area contributed by atoms with Crippen molar-refractivity contribution in [1.29, 1.82) is 0 Å². The number of piperidine rings is 1. The van der Waals surface area contributed by atoms with E-state index in [-0.39, 0.29) is 11.5 Å². The third-order valence-electron chi connectivity index (χ3n) is 5.67. The van der Waals surface area contributed by atoms with E-state index in [1.807, 2.05) is 0 Å². The van der Waals surface area contributed by atoms with Crippen molar-refractivity contribution in [3.05, 3.63) is 12.2 Å². The first-order valence-electron chi connectivity index (χ1n) is 8.79. The Morgan fingerprint density at radius 3 is 2.73 bits per heavy atom. The van der Waals surface area contributed by atoms with Crippen LogP contribution in [0.25, 0.3) is 0 Å². The number of allylic oxidation sites excluding steroid dienone is 2. The Bertz CT molecular complexity index is 405. The first-order chi connectivity index (χ1) is 10.7. The van der Waals surface area contributed by atoms with Crippen LogP contribution in [-0.4, -0.2) is 49.8 Å². The second-order valence-electron chi connectivity index (χ2n) is 7.14. The van der Waals surface area contributed by atoms with Crippen LogP contribution in [0.4, 0.5) is 0 Å². The summed E-state index contributed by atoms with van der Waals surface area (Å²) in [5, 5.41) is 0. The van der Waals surface area contributed by atoms with Gasteiger partial charge in [-0.05, 0) is 50.9 Å². The van der Waals surface area contributed by atoms with Crippen molar-refractivity contribution < 1.29 is 14.3 Å². The van der Waals surface area contributed by atoms with Crippen LogP contribution in [0.15, 0.2) is 12.2 Å². The smallest absolute Gasteiger partial charge is 0.226 e. The molecule has 0 radical (unpaired) electrons. The number of likely N-dealkylation sites (tertiary alicyclic amines) is 1. The number of methoxy groups -OCH3 is 1. The van der Waals surface area contributed by atoms with Gasteiger partial charge in [-0.15, -0.1) is 0 Å². The van der Waals surface area contributed by atoms with Gasteiger partial charge in [-0.1, -0.05) is 12.2 Å². The van der Waals surface area contributed by atoms with Crippen molar-refractivity contribution in [1.82, 2.24) is 4.90 Å². The number of ether oxygens (including phenoxy) is 2. The van der Waals surface area contributed by atoms with Crippen molar-refractivity contribution in [2.24, 2.45) is 11.8 Å². The summed E-state index contributed by atoms with van der Waals surface area (Å²) >= 11 is 0. The lowest BCUT2D eigenvalue weighted by molar-refractivity contribution is -0.150. The third-order valence-corrected chi connectivity index (χ3v) is 5.67. The van der Waals surface area contributed by atoms with Crippen molar-refractivity contribution in [3.63, 3.8) is 0 Å². The van der Waals surface area contributed by atoms with Gasteiger partial charge in [-0.2, -0.15) is 0 Å². The molecule has 0 aromatic carbocycles. The van der Waals surface area contributed by atoms with E-state index < -0.39 is 0 Å². The fraction of sp³-hybridized carbons (Fsp3) is 0.833. The predicted octanol–water partition coefficient (Wildman–Crippen LogP) is 2.78. The molecule has 0 N–H and O–H groups in total. The molecule has 1 amide bonds. The number of nitrogens with zero attached hydrogens (tertiary/aromatic N) is 1. The summed E-state index contributed by atoms with van der Waals surface area (Å²) in [6.45, 7) is 3.45. The second kappa shape index (κ2) is 7.14. The SMILES string of the molecule is COCCC1CCOC2(CCN(C(=O)C3CC=CC3)CC2)C1. The van der Waals surface area contributed by atoms with E-state index in [1.54, 1.807) is 7.11 Å². The molecule has 3 rings (SSSR count).